The Hall–Kier alpha value is -2.91. The molecule has 172 valence electrons. The van der Waals surface area contributed by atoms with Crippen molar-refractivity contribution >= 4 is 17.6 Å². The molecule has 1 atom stereocenters. The first-order chi connectivity index (χ1) is 15.5. The summed E-state index contributed by atoms with van der Waals surface area (Å²) in [5.74, 6) is 1.55. The lowest BCUT2D eigenvalue weighted by Crippen LogP contribution is -2.61. The summed E-state index contributed by atoms with van der Waals surface area (Å²) >= 11 is 0. The molecule has 1 saturated heterocycles. The van der Waals surface area contributed by atoms with E-state index >= 15 is 0 Å². The number of hydrogen-bond donors (Lipinski definition) is 2. The molecule has 2 N–H and O–H groups in total. The Morgan fingerprint density at radius 1 is 1.28 bits per heavy atom. The van der Waals surface area contributed by atoms with E-state index in [0.717, 1.165) is 25.0 Å². The topological polar surface area (TPSA) is 106 Å². The fraction of sp³-hybridized carbons (Fsp3) is 0.522. The molecule has 32 heavy (non-hydrogen) atoms. The van der Waals surface area contributed by atoms with Gasteiger partial charge < -0.3 is 24.6 Å². The van der Waals surface area contributed by atoms with Gasteiger partial charge in [0.2, 0.25) is 5.91 Å². The molecule has 1 aromatic carbocycles. The van der Waals surface area contributed by atoms with Crippen molar-refractivity contribution in [3.63, 3.8) is 0 Å². The van der Waals surface area contributed by atoms with Gasteiger partial charge in [-0.15, -0.1) is 0 Å². The van der Waals surface area contributed by atoms with Gasteiger partial charge in [-0.25, -0.2) is 0 Å². The Balaban J connectivity index is 1.40. The molecule has 2 aliphatic rings. The quantitative estimate of drug-likeness (QED) is 0.748. The average Bonchev–Trinajstić information content (AvgIpc) is 3.18. The maximum atomic E-state index is 13.1. The van der Waals surface area contributed by atoms with E-state index in [4.69, 9.17) is 14.0 Å². The van der Waals surface area contributed by atoms with Crippen molar-refractivity contribution in [3.05, 3.63) is 41.7 Å². The van der Waals surface area contributed by atoms with Crippen LogP contribution < -0.4 is 15.4 Å². The van der Waals surface area contributed by atoms with E-state index in [0.29, 0.717) is 50.8 Å². The number of benzene rings is 1. The minimum atomic E-state index is -0.971. The summed E-state index contributed by atoms with van der Waals surface area (Å²) < 4.78 is 16.9. The SMILES string of the molecule is Cc1cc(NC(=O)CN2CCOC3(CCCCc4ccccc4OCCNC3=O)C2)no1. The first-order valence-corrected chi connectivity index (χ1v) is 11.1. The summed E-state index contributed by atoms with van der Waals surface area (Å²) in [6.07, 6.45) is 3.24. The minimum absolute atomic E-state index is 0.146. The molecule has 0 saturated carbocycles. The maximum Gasteiger partial charge on any atom is 0.253 e. The number of para-hydroxylation sites is 1. The molecule has 2 aliphatic heterocycles. The summed E-state index contributed by atoms with van der Waals surface area (Å²) in [4.78, 5) is 27.6. The Kier molecular flexibility index (Phi) is 7.06. The normalized spacial score (nSPS) is 22.7. The van der Waals surface area contributed by atoms with Crippen LogP contribution in [-0.4, -0.2) is 66.9 Å². The Morgan fingerprint density at radius 2 is 2.16 bits per heavy atom. The number of aromatic nitrogens is 1. The molecule has 9 heteroatoms. The van der Waals surface area contributed by atoms with Crippen LogP contribution in [0.4, 0.5) is 5.82 Å². The molecular formula is C23H30N4O5. The molecule has 0 bridgehead atoms. The number of nitrogens with one attached hydrogen (secondary N) is 2. The lowest BCUT2D eigenvalue weighted by molar-refractivity contribution is -0.163. The summed E-state index contributed by atoms with van der Waals surface area (Å²) in [7, 11) is 0. The van der Waals surface area contributed by atoms with Crippen molar-refractivity contribution < 1.29 is 23.6 Å². The summed E-state index contributed by atoms with van der Waals surface area (Å²) in [6.45, 7) is 4.04. The zero-order valence-electron chi connectivity index (χ0n) is 18.4. The van der Waals surface area contributed by atoms with Crippen LogP contribution in [0.2, 0.25) is 0 Å². The number of anilines is 1. The zero-order chi connectivity index (χ0) is 22.4. The fourth-order valence-electron chi connectivity index (χ4n) is 4.27. The molecule has 3 heterocycles. The van der Waals surface area contributed by atoms with Gasteiger partial charge in [0, 0.05) is 19.2 Å². The molecule has 9 nitrogen and oxygen atoms in total. The number of fused-ring (bicyclic) bond motifs is 1. The van der Waals surface area contributed by atoms with Gasteiger partial charge in [-0.05, 0) is 44.2 Å². The molecule has 0 radical (unpaired) electrons. The third-order valence-corrected chi connectivity index (χ3v) is 5.84. The zero-order valence-corrected chi connectivity index (χ0v) is 18.4. The van der Waals surface area contributed by atoms with E-state index < -0.39 is 5.60 Å². The summed E-state index contributed by atoms with van der Waals surface area (Å²) in [5.41, 5.74) is 0.209. The van der Waals surface area contributed by atoms with Crippen molar-refractivity contribution in [1.82, 2.24) is 15.4 Å². The Labute approximate surface area is 187 Å². The first-order valence-electron chi connectivity index (χ1n) is 11.1. The second-order valence-electron chi connectivity index (χ2n) is 8.34. The molecule has 2 aromatic rings. The molecule has 0 aliphatic carbocycles. The average molecular weight is 443 g/mol. The van der Waals surface area contributed by atoms with E-state index in [1.165, 1.54) is 5.56 Å². The highest BCUT2D eigenvalue weighted by Gasteiger charge is 2.43. The summed E-state index contributed by atoms with van der Waals surface area (Å²) in [6, 6.07) is 9.70. The van der Waals surface area contributed by atoms with E-state index in [1.54, 1.807) is 13.0 Å². The number of nitrogens with zero attached hydrogens (tertiary/aromatic N) is 2. The Bertz CT molecular complexity index is 946. The molecule has 2 amide bonds. The van der Waals surface area contributed by atoms with Crippen molar-refractivity contribution in [3.8, 4) is 5.75 Å². The van der Waals surface area contributed by atoms with Crippen LogP contribution >= 0.6 is 0 Å². The lowest BCUT2D eigenvalue weighted by Gasteiger charge is -2.41. The van der Waals surface area contributed by atoms with E-state index in [9.17, 15) is 9.59 Å². The van der Waals surface area contributed by atoms with Crippen LogP contribution in [0.15, 0.2) is 34.9 Å². The highest BCUT2D eigenvalue weighted by molar-refractivity contribution is 5.91. The van der Waals surface area contributed by atoms with Crippen LogP contribution in [0.5, 0.6) is 5.75 Å². The summed E-state index contributed by atoms with van der Waals surface area (Å²) in [5, 5.41) is 9.50. The number of rotatable bonds is 3. The Morgan fingerprint density at radius 3 is 3.00 bits per heavy atom. The largest absolute Gasteiger partial charge is 0.491 e. The van der Waals surface area contributed by atoms with Crippen molar-refractivity contribution in [1.29, 1.82) is 0 Å². The molecule has 1 fully saturated rings. The van der Waals surface area contributed by atoms with Gasteiger partial charge in [-0.2, -0.15) is 0 Å². The van der Waals surface area contributed by atoms with Gasteiger partial charge in [0.05, 0.1) is 19.7 Å². The second-order valence-corrected chi connectivity index (χ2v) is 8.34. The number of amides is 2. The predicted octanol–water partition coefficient (Wildman–Crippen LogP) is 1.91. The van der Waals surface area contributed by atoms with Crippen LogP contribution in [-0.2, 0) is 20.7 Å². The molecule has 4 rings (SSSR count). The van der Waals surface area contributed by atoms with E-state index in [1.807, 2.05) is 23.1 Å². The number of aryl methyl sites for hydroxylation is 2. The third kappa shape index (κ3) is 5.46. The smallest absolute Gasteiger partial charge is 0.253 e. The highest BCUT2D eigenvalue weighted by Crippen LogP contribution is 2.27. The van der Waals surface area contributed by atoms with E-state index in [-0.39, 0.29) is 18.4 Å². The monoisotopic (exact) mass is 442 g/mol. The minimum Gasteiger partial charge on any atom is -0.491 e. The van der Waals surface area contributed by atoms with Crippen LogP contribution in [0.25, 0.3) is 0 Å². The highest BCUT2D eigenvalue weighted by atomic mass is 16.5. The van der Waals surface area contributed by atoms with Crippen molar-refractivity contribution in [2.24, 2.45) is 0 Å². The first kappa shape index (κ1) is 22.3. The van der Waals surface area contributed by atoms with Crippen LogP contribution in [0, 0.1) is 6.92 Å². The standard InChI is InChI=1S/C23H30N4O5/c1-17-14-20(26-32-17)25-21(28)15-27-11-13-31-23(16-27)9-5-4-7-18-6-2-3-8-19(18)30-12-10-24-22(23)29/h2-3,6,8,14H,4-5,7,9-13,15-16H2,1H3,(H,24,29)(H,25,26,28). The molecular weight excluding hydrogens is 412 g/mol. The van der Waals surface area contributed by atoms with Crippen molar-refractivity contribution in [2.75, 3.05) is 44.7 Å². The van der Waals surface area contributed by atoms with Gasteiger partial charge in [0.25, 0.3) is 5.91 Å². The molecule has 1 aromatic heterocycles. The van der Waals surface area contributed by atoms with Gasteiger partial charge in [-0.1, -0.05) is 23.4 Å². The predicted molar refractivity (Wildman–Crippen MR) is 117 cm³/mol. The number of morpholine rings is 1. The fourth-order valence-corrected chi connectivity index (χ4v) is 4.27. The number of ether oxygens (including phenoxy) is 2. The third-order valence-electron chi connectivity index (χ3n) is 5.84. The van der Waals surface area contributed by atoms with E-state index in [2.05, 4.69) is 21.9 Å². The van der Waals surface area contributed by atoms with Crippen molar-refractivity contribution in [2.45, 2.75) is 38.2 Å². The number of carbonyl (C=O) groups excluding carboxylic acids is 2. The van der Waals surface area contributed by atoms with Gasteiger partial charge >= 0.3 is 0 Å². The van der Waals surface area contributed by atoms with Gasteiger partial charge in [0.1, 0.15) is 18.1 Å². The molecule has 1 spiro atoms. The number of hydrogen-bond acceptors (Lipinski definition) is 7. The number of carbonyl (C=O) groups is 2. The maximum absolute atomic E-state index is 13.1. The molecule has 1 unspecified atom stereocenters. The van der Waals surface area contributed by atoms with Gasteiger partial charge in [-0.3, -0.25) is 14.5 Å². The second kappa shape index (κ2) is 10.1. The lowest BCUT2D eigenvalue weighted by atomic mass is 9.91. The van der Waals surface area contributed by atoms with Gasteiger partial charge in [0.15, 0.2) is 11.4 Å². The van der Waals surface area contributed by atoms with Crippen LogP contribution in [0.3, 0.4) is 0 Å². The van der Waals surface area contributed by atoms with Crippen LogP contribution in [0.1, 0.15) is 30.6 Å².